The van der Waals surface area contributed by atoms with Crippen molar-refractivity contribution >= 4 is 22.5 Å². The number of methoxy groups -OCH3 is 3. The number of anilines is 1. The lowest BCUT2D eigenvalue weighted by molar-refractivity contribution is 0.102. The van der Waals surface area contributed by atoms with Gasteiger partial charge in [-0.05, 0) is 67.9 Å². The zero-order chi connectivity index (χ0) is 23.5. The number of aromatic nitrogens is 1. The smallest absolute Gasteiger partial charge is 0.256 e. The Morgan fingerprint density at radius 1 is 0.818 bits per heavy atom. The summed E-state index contributed by atoms with van der Waals surface area (Å²) >= 11 is 0. The first-order valence-corrected chi connectivity index (χ1v) is 10.5. The largest absolute Gasteiger partial charge is 0.497 e. The molecule has 1 N–H and O–H groups in total. The third kappa shape index (κ3) is 4.46. The van der Waals surface area contributed by atoms with Crippen LogP contribution in [-0.2, 0) is 0 Å². The Labute approximate surface area is 193 Å². The quantitative estimate of drug-likeness (QED) is 0.409. The number of carbonyl (C=O) groups excluding carboxylic acids is 1. The first-order chi connectivity index (χ1) is 15.9. The van der Waals surface area contributed by atoms with Crippen LogP contribution in [0, 0.1) is 13.8 Å². The summed E-state index contributed by atoms with van der Waals surface area (Å²) in [5.74, 6) is 1.67. The van der Waals surface area contributed by atoms with Crippen molar-refractivity contribution in [2.45, 2.75) is 13.8 Å². The maximum atomic E-state index is 13.5. The number of hydrogen-bond acceptors (Lipinski definition) is 5. The molecule has 1 amide bonds. The molecule has 4 aromatic rings. The summed E-state index contributed by atoms with van der Waals surface area (Å²) in [6, 6.07) is 18.8. The van der Waals surface area contributed by atoms with E-state index in [1.807, 2.05) is 50.2 Å². The van der Waals surface area contributed by atoms with Crippen molar-refractivity contribution in [3.8, 4) is 28.5 Å². The Kier molecular flexibility index (Phi) is 6.18. The molecule has 4 rings (SSSR count). The molecule has 0 spiro atoms. The SMILES string of the molecule is COc1ccc(-c2cc(C(=O)Nc3cc(OC)ccc3OC)c3cc(C)cc(C)c3n2)cc1. The number of fused-ring (bicyclic) bond motifs is 1. The fourth-order valence-corrected chi connectivity index (χ4v) is 3.88. The van der Waals surface area contributed by atoms with Crippen molar-refractivity contribution in [2.75, 3.05) is 26.6 Å². The van der Waals surface area contributed by atoms with E-state index in [9.17, 15) is 4.79 Å². The Morgan fingerprint density at radius 3 is 2.18 bits per heavy atom. The molecule has 0 atom stereocenters. The van der Waals surface area contributed by atoms with E-state index >= 15 is 0 Å². The average molecular weight is 443 g/mol. The average Bonchev–Trinajstić information content (AvgIpc) is 2.83. The monoisotopic (exact) mass is 442 g/mol. The number of pyridine rings is 1. The Balaban J connectivity index is 1.85. The molecular formula is C27H26N2O4. The van der Waals surface area contributed by atoms with E-state index in [0.29, 0.717) is 28.4 Å². The van der Waals surface area contributed by atoms with Crippen LogP contribution < -0.4 is 19.5 Å². The normalized spacial score (nSPS) is 10.7. The topological polar surface area (TPSA) is 69.7 Å². The number of benzene rings is 3. The standard InChI is InChI=1S/C27H26N2O4/c1-16-12-17(2)26-21(13-16)22(15-23(28-26)18-6-8-19(31-3)9-7-18)27(30)29-24-14-20(32-4)10-11-25(24)33-5/h6-15H,1-5H3,(H,29,30). The van der Waals surface area contributed by atoms with E-state index in [-0.39, 0.29) is 5.91 Å². The van der Waals surface area contributed by atoms with E-state index < -0.39 is 0 Å². The summed E-state index contributed by atoms with van der Waals surface area (Å²) in [4.78, 5) is 18.4. The molecule has 0 aliphatic rings. The van der Waals surface area contributed by atoms with Crippen molar-refractivity contribution in [1.82, 2.24) is 4.98 Å². The number of ether oxygens (including phenoxy) is 3. The van der Waals surface area contributed by atoms with Gasteiger partial charge in [-0.2, -0.15) is 0 Å². The van der Waals surface area contributed by atoms with Gasteiger partial charge in [-0.3, -0.25) is 4.79 Å². The van der Waals surface area contributed by atoms with E-state index in [1.54, 1.807) is 39.5 Å². The van der Waals surface area contributed by atoms with Gasteiger partial charge in [0.15, 0.2) is 0 Å². The fraction of sp³-hybridized carbons (Fsp3) is 0.185. The van der Waals surface area contributed by atoms with Gasteiger partial charge in [0.05, 0.1) is 43.8 Å². The van der Waals surface area contributed by atoms with Crippen LogP contribution in [0.25, 0.3) is 22.2 Å². The number of nitrogens with zero attached hydrogens (tertiary/aromatic N) is 1. The molecular weight excluding hydrogens is 416 g/mol. The van der Waals surface area contributed by atoms with Gasteiger partial charge in [-0.15, -0.1) is 0 Å². The van der Waals surface area contributed by atoms with Crippen LogP contribution in [0.1, 0.15) is 21.5 Å². The molecule has 1 heterocycles. The number of amides is 1. The zero-order valence-corrected chi connectivity index (χ0v) is 19.4. The first-order valence-electron chi connectivity index (χ1n) is 10.5. The zero-order valence-electron chi connectivity index (χ0n) is 19.4. The van der Waals surface area contributed by atoms with E-state index in [1.165, 1.54) is 0 Å². The van der Waals surface area contributed by atoms with Crippen molar-refractivity contribution in [2.24, 2.45) is 0 Å². The highest BCUT2D eigenvalue weighted by Gasteiger charge is 2.18. The van der Waals surface area contributed by atoms with Crippen molar-refractivity contribution in [1.29, 1.82) is 0 Å². The highest BCUT2D eigenvalue weighted by molar-refractivity contribution is 6.14. The first kappa shape index (κ1) is 22.1. The highest BCUT2D eigenvalue weighted by Crippen LogP contribution is 2.32. The third-order valence-corrected chi connectivity index (χ3v) is 5.53. The van der Waals surface area contributed by atoms with Gasteiger partial charge < -0.3 is 19.5 Å². The van der Waals surface area contributed by atoms with Crippen molar-refractivity contribution < 1.29 is 19.0 Å². The van der Waals surface area contributed by atoms with Crippen LogP contribution in [0.2, 0.25) is 0 Å². The molecule has 1 aromatic heterocycles. The Bertz CT molecular complexity index is 1330. The minimum absolute atomic E-state index is 0.256. The second-order valence-corrected chi connectivity index (χ2v) is 7.78. The Hall–Kier alpha value is -4.06. The lowest BCUT2D eigenvalue weighted by Crippen LogP contribution is -2.14. The lowest BCUT2D eigenvalue weighted by atomic mass is 9.99. The predicted octanol–water partition coefficient (Wildman–Crippen LogP) is 5.80. The molecule has 168 valence electrons. The minimum atomic E-state index is -0.256. The summed E-state index contributed by atoms with van der Waals surface area (Å²) in [5.41, 5.74) is 5.52. The maximum Gasteiger partial charge on any atom is 0.256 e. The number of nitrogens with one attached hydrogen (secondary N) is 1. The summed E-state index contributed by atoms with van der Waals surface area (Å²) in [6.45, 7) is 4.02. The van der Waals surface area contributed by atoms with Gasteiger partial charge in [0.1, 0.15) is 17.2 Å². The molecule has 0 fully saturated rings. The molecule has 0 saturated heterocycles. The van der Waals surface area contributed by atoms with Crippen LogP contribution in [-0.4, -0.2) is 32.2 Å². The molecule has 0 radical (unpaired) electrons. The van der Waals surface area contributed by atoms with Gasteiger partial charge in [0.2, 0.25) is 0 Å². The summed E-state index contributed by atoms with van der Waals surface area (Å²) in [5, 5.41) is 3.78. The van der Waals surface area contributed by atoms with Crippen LogP contribution in [0.3, 0.4) is 0 Å². The van der Waals surface area contributed by atoms with E-state index in [2.05, 4.69) is 11.4 Å². The second kappa shape index (κ2) is 9.20. The molecule has 33 heavy (non-hydrogen) atoms. The van der Waals surface area contributed by atoms with Gasteiger partial charge >= 0.3 is 0 Å². The maximum absolute atomic E-state index is 13.5. The molecule has 3 aromatic carbocycles. The van der Waals surface area contributed by atoms with Crippen molar-refractivity contribution in [3.05, 3.63) is 77.4 Å². The molecule has 6 nitrogen and oxygen atoms in total. The predicted molar refractivity (Wildman–Crippen MR) is 131 cm³/mol. The number of rotatable bonds is 6. The van der Waals surface area contributed by atoms with Gasteiger partial charge in [-0.25, -0.2) is 4.98 Å². The summed E-state index contributed by atoms with van der Waals surface area (Å²) < 4.78 is 16.0. The van der Waals surface area contributed by atoms with Crippen LogP contribution >= 0.6 is 0 Å². The molecule has 0 unspecified atom stereocenters. The number of hydrogen-bond donors (Lipinski definition) is 1. The van der Waals surface area contributed by atoms with E-state index in [4.69, 9.17) is 19.2 Å². The van der Waals surface area contributed by atoms with Crippen molar-refractivity contribution in [3.63, 3.8) is 0 Å². The molecule has 0 saturated carbocycles. The fourth-order valence-electron chi connectivity index (χ4n) is 3.88. The molecule has 6 heteroatoms. The van der Waals surface area contributed by atoms with E-state index in [0.717, 1.165) is 33.3 Å². The van der Waals surface area contributed by atoms with Crippen LogP contribution in [0.5, 0.6) is 17.2 Å². The van der Waals surface area contributed by atoms with Gasteiger partial charge in [-0.1, -0.05) is 11.6 Å². The minimum Gasteiger partial charge on any atom is -0.497 e. The second-order valence-electron chi connectivity index (χ2n) is 7.78. The third-order valence-electron chi connectivity index (χ3n) is 5.53. The van der Waals surface area contributed by atoms with Gasteiger partial charge in [0, 0.05) is 17.0 Å². The van der Waals surface area contributed by atoms with Gasteiger partial charge in [0.25, 0.3) is 5.91 Å². The Morgan fingerprint density at radius 2 is 1.52 bits per heavy atom. The molecule has 0 aliphatic carbocycles. The van der Waals surface area contributed by atoms with Crippen LogP contribution in [0.15, 0.2) is 60.7 Å². The summed E-state index contributed by atoms with van der Waals surface area (Å²) in [7, 11) is 4.77. The summed E-state index contributed by atoms with van der Waals surface area (Å²) in [6.07, 6.45) is 0. The number of carbonyl (C=O) groups is 1. The molecule has 0 aliphatic heterocycles. The van der Waals surface area contributed by atoms with Crippen LogP contribution in [0.4, 0.5) is 5.69 Å². The lowest BCUT2D eigenvalue weighted by Gasteiger charge is -2.15. The number of aryl methyl sites for hydroxylation is 2. The molecule has 0 bridgehead atoms. The highest BCUT2D eigenvalue weighted by atomic mass is 16.5.